The Kier molecular flexibility index (Phi) is 3.21. The molecule has 1 aromatic heterocycles. The highest BCUT2D eigenvalue weighted by atomic mass is 19.1. The Hall–Kier alpha value is -2.62. The second kappa shape index (κ2) is 5.17. The largest absolute Gasteiger partial charge is 0.401 e. The van der Waals surface area contributed by atoms with E-state index in [2.05, 4.69) is 4.98 Å². The first-order valence-corrected chi connectivity index (χ1v) is 6.34. The summed E-state index contributed by atoms with van der Waals surface area (Å²) in [7, 11) is 0. The molecule has 0 radical (unpaired) electrons. The molecule has 1 aromatic carbocycles. The van der Waals surface area contributed by atoms with Gasteiger partial charge in [0, 0.05) is 23.7 Å². The number of halogens is 1. The summed E-state index contributed by atoms with van der Waals surface area (Å²) in [5.41, 5.74) is 8.91. The molecule has 1 aliphatic rings. The van der Waals surface area contributed by atoms with Gasteiger partial charge in [0.25, 0.3) is 0 Å². The molecule has 0 fully saturated rings. The van der Waals surface area contributed by atoms with Gasteiger partial charge in [-0.2, -0.15) is 0 Å². The molecule has 0 bridgehead atoms. The zero-order valence-corrected chi connectivity index (χ0v) is 10.8. The molecule has 2 aromatic rings. The van der Waals surface area contributed by atoms with Gasteiger partial charge in [-0.3, -0.25) is 4.98 Å². The molecule has 0 saturated heterocycles. The summed E-state index contributed by atoms with van der Waals surface area (Å²) in [5.74, 6) is -0.267. The Morgan fingerprint density at radius 3 is 2.70 bits per heavy atom. The maximum Gasteiger partial charge on any atom is 0.146 e. The number of hydrogen-bond donors (Lipinski definition) is 1. The van der Waals surface area contributed by atoms with Gasteiger partial charge in [-0.05, 0) is 36.4 Å². The molecule has 2 N–H and O–H groups in total. The average molecular weight is 267 g/mol. The summed E-state index contributed by atoms with van der Waals surface area (Å²) in [4.78, 5) is 5.98. The van der Waals surface area contributed by atoms with E-state index in [-0.39, 0.29) is 5.82 Å². The lowest BCUT2D eigenvalue weighted by Crippen LogP contribution is -2.29. The van der Waals surface area contributed by atoms with Gasteiger partial charge < -0.3 is 10.6 Å². The van der Waals surface area contributed by atoms with Crippen molar-refractivity contribution in [2.24, 2.45) is 5.73 Å². The van der Waals surface area contributed by atoms with E-state index in [1.54, 1.807) is 24.5 Å². The first-order chi connectivity index (χ1) is 9.75. The molecule has 0 spiro atoms. The van der Waals surface area contributed by atoms with Gasteiger partial charge in [-0.1, -0.05) is 12.1 Å². The Labute approximate surface area is 116 Å². The van der Waals surface area contributed by atoms with Crippen LogP contribution in [0.3, 0.4) is 0 Å². The van der Waals surface area contributed by atoms with Crippen molar-refractivity contribution in [3.05, 3.63) is 78.0 Å². The molecule has 0 saturated carbocycles. The molecule has 3 rings (SSSR count). The van der Waals surface area contributed by atoms with Crippen LogP contribution in [0.1, 0.15) is 5.56 Å². The van der Waals surface area contributed by atoms with E-state index >= 15 is 0 Å². The van der Waals surface area contributed by atoms with Crippen molar-refractivity contribution in [3.8, 4) is 0 Å². The third-order valence-corrected chi connectivity index (χ3v) is 3.19. The molecular weight excluding hydrogens is 253 g/mol. The molecule has 1 aliphatic heterocycles. The minimum Gasteiger partial charge on any atom is -0.401 e. The molecule has 0 aliphatic carbocycles. The van der Waals surface area contributed by atoms with Crippen LogP contribution in [0, 0.1) is 5.82 Å². The summed E-state index contributed by atoms with van der Waals surface area (Å²) in [6.07, 6.45) is 7.21. The van der Waals surface area contributed by atoms with Crippen LogP contribution in [0.2, 0.25) is 0 Å². The second-order valence-corrected chi connectivity index (χ2v) is 4.57. The quantitative estimate of drug-likeness (QED) is 0.909. The first kappa shape index (κ1) is 12.4. The zero-order chi connectivity index (χ0) is 13.9. The lowest BCUT2D eigenvalue weighted by atomic mass is 10.1. The minimum atomic E-state index is -0.267. The van der Waals surface area contributed by atoms with E-state index in [0.29, 0.717) is 17.9 Å². The fourth-order valence-electron chi connectivity index (χ4n) is 2.25. The van der Waals surface area contributed by atoms with Gasteiger partial charge in [0.1, 0.15) is 5.82 Å². The van der Waals surface area contributed by atoms with Crippen LogP contribution in [0.4, 0.5) is 10.1 Å². The van der Waals surface area contributed by atoms with Crippen molar-refractivity contribution >= 4 is 11.4 Å². The molecular formula is C16H14FN3. The van der Waals surface area contributed by atoms with Crippen molar-refractivity contribution in [2.75, 3.05) is 11.4 Å². The second-order valence-electron chi connectivity index (χ2n) is 4.57. The van der Waals surface area contributed by atoms with Gasteiger partial charge in [0.15, 0.2) is 0 Å². The predicted molar refractivity (Wildman–Crippen MR) is 78.2 cm³/mol. The van der Waals surface area contributed by atoms with Crippen LogP contribution in [-0.4, -0.2) is 11.5 Å². The smallest absolute Gasteiger partial charge is 0.146 e. The van der Waals surface area contributed by atoms with Gasteiger partial charge in [-0.15, -0.1) is 0 Å². The number of pyridine rings is 1. The van der Waals surface area contributed by atoms with Crippen LogP contribution in [0.15, 0.2) is 66.6 Å². The van der Waals surface area contributed by atoms with Gasteiger partial charge in [0.05, 0.1) is 17.9 Å². The van der Waals surface area contributed by atoms with Crippen molar-refractivity contribution in [2.45, 2.75) is 0 Å². The SMILES string of the molecule is NC1=CC=C(c2cccnc2)N(c2ccccc2F)C1. The molecule has 2 heterocycles. The fourth-order valence-corrected chi connectivity index (χ4v) is 2.25. The van der Waals surface area contributed by atoms with E-state index in [9.17, 15) is 4.39 Å². The van der Waals surface area contributed by atoms with Crippen LogP contribution < -0.4 is 10.6 Å². The normalized spacial score (nSPS) is 14.8. The molecule has 0 atom stereocenters. The van der Waals surface area contributed by atoms with Crippen LogP contribution >= 0.6 is 0 Å². The standard InChI is InChI=1S/C16H14FN3/c17-14-5-1-2-6-16(14)20-11-13(18)7-8-15(20)12-4-3-9-19-10-12/h1-10H,11,18H2. The summed E-state index contributed by atoms with van der Waals surface area (Å²) in [6, 6.07) is 10.5. The van der Waals surface area contributed by atoms with E-state index in [4.69, 9.17) is 5.73 Å². The molecule has 4 heteroatoms. The van der Waals surface area contributed by atoms with E-state index < -0.39 is 0 Å². The number of hydrogen-bond acceptors (Lipinski definition) is 3. The number of nitrogens with two attached hydrogens (primary N) is 1. The van der Waals surface area contributed by atoms with Gasteiger partial charge in [-0.25, -0.2) is 4.39 Å². The maximum atomic E-state index is 14.0. The highest BCUT2D eigenvalue weighted by Crippen LogP contribution is 2.30. The van der Waals surface area contributed by atoms with Crippen LogP contribution in [0.5, 0.6) is 0 Å². The molecule has 100 valence electrons. The summed E-state index contributed by atoms with van der Waals surface area (Å²) >= 11 is 0. The van der Waals surface area contributed by atoms with Gasteiger partial charge in [0.2, 0.25) is 0 Å². The molecule has 20 heavy (non-hydrogen) atoms. The number of nitrogens with zero attached hydrogens (tertiary/aromatic N) is 2. The number of rotatable bonds is 2. The third kappa shape index (κ3) is 2.28. The molecule has 0 unspecified atom stereocenters. The monoisotopic (exact) mass is 267 g/mol. The number of aromatic nitrogens is 1. The summed E-state index contributed by atoms with van der Waals surface area (Å²) in [6.45, 7) is 0.460. The topological polar surface area (TPSA) is 42.1 Å². The number of anilines is 1. The highest BCUT2D eigenvalue weighted by molar-refractivity contribution is 5.82. The van der Waals surface area contributed by atoms with E-state index in [1.165, 1.54) is 6.07 Å². The van der Waals surface area contributed by atoms with Crippen LogP contribution in [0.25, 0.3) is 5.70 Å². The third-order valence-electron chi connectivity index (χ3n) is 3.19. The van der Waals surface area contributed by atoms with Gasteiger partial charge >= 0.3 is 0 Å². The van der Waals surface area contributed by atoms with Crippen molar-refractivity contribution in [1.29, 1.82) is 0 Å². The Morgan fingerprint density at radius 1 is 1.10 bits per heavy atom. The average Bonchev–Trinajstić information content (AvgIpc) is 2.48. The molecule has 0 amide bonds. The van der Waals surface area contributed by atoms with Crippen molar-refractivity contribution < 1.29 is 4.39 Å². The van der Waals surface area contributed by atoms with Crippen molar-refractivity contribution in [3.63, 3.8) is 0 Å². The highest BCUT2D eigenvalue weighted by Gasteiger charge is 2.20. The van der Waals surface area contributed by atoms with E-state index in [1.807, 2.05) is 35.3 Å². The Bertz CT molecular complexity index is 677. The Morgan fingerprint density at radius 2 is 1.95 bits per heavy atom. The molecule has 3 nitrogen and oxygen atoms in total. The first-order valence-electron chi connectivity index (χ1n) is 6.34. The van der Waals surface area contributed by atoms with E-state index in [0.717, 1.165) is 11.3 Å². The maximum absolute atomic E-state index is 14.0. The lowest BCUT2D eigenvalue weighted by molar-refractivity contribution is 0.626. The lowest BCUT2D eigenvalue weighted by Gasteiger charge is -2.30. The van der Waals surface area contributed by atoms with Crippen molar-refractivity contribution in [1.82, 2.24) is 4.98 Å². The number of benzene rings is 1. The predicted octanol–water partition coefficient (Wildman–Crippen LogP) is 2.92. The number of para-hydroxylation sites is 1. The fraction of sp³-hybridized carbons (Fsp3) is 0.0625. The minimum absolute atomic E-state index is 0.267. The summed E-state index contributed by atoms with van der Waals surface area (Å²) in [5, 5.41) is 0. The van der Waals surface area contributed by atoms with Crippen LogP contribution in [-0.2, 0) is 0 Å². The Balaban J connectivity index is 2.08. The zero-order valence-electron chi connectivity index (χ0n) is 10.8. The number of allylic oxidation sites excluding steroid dienone is 2. The summed E-state index contributed by atoms with van der Waals surface area (Å²) < 4.78 is 14.0.